The quantitative estimate of drug-likeness (QED) is 0.514. The van der Waals surface area contributed by atoms with Crippen molar-refractivity contribution in [3.63, 3.8) is 0 Å². The molecule has 3 aromatic heterocycles. The fourth-order valence-electron chi connectivity index (χ4n) is 3.11. The zero-order chi connectivity index (χ0) is 18.8. The minimum atomic E-state index is -0.200. The van der Waals surface area contributed by atoms with Crippen molar-refractivity contribution >= 4 is 22.4 Å². The van der Waals surface area contributed by atoms with E-state index in [1.807, 2.05) is 53.1 Å². The van der Waals surface area contributed by atoms with Crippen LogP contribution in [-0.4, -0.2) is 41.7 Å². The van der Waals surface area contributed by atoms with Crippen LogP contribution in [0.3, 0.4) is 0 Å². The lowest BCUT2D eigenvalue weighted by atomic mass is 10.1. The van der Waals surface area contributed by atoms with Crippen LogP contribution >= 0.6 is 0 Å². The number of ether oxygens (including phenoxy) is 2. The highest BCUT2D eigenvalue weighted by atomic mass is 16.5. The lowest BCUT2D eigenvalue weighted by Gasteiger charge is -2.09. The van der Waals surface area contributed by atoms with Crippen LogP contribution in [0.4, 0.5) is 5.82 Å². The summed E-state index contributed by atoms with van der Waals surface area (Å²) in [5.41, 5.74) is 2.41. The predicted octanol–water partition coefficient (Wildman–Crippen LogP) is 2.91. The third-order valence-electron chi connectivity index (χ3n) is 4.44. The molecule has 2 N–H and O–H groups in total. The Balaban J connectivity index is 1.89. The monoisotopic (exact) mass is 364 g/mol. The maximum atomic E-state index is 12.8. The number of aromatic nitrogens is 3. The van der Waals surface area contributed by atoms with E-state index in [0.29, 0.717) is 30.2 Å². The van der Waals surface area contributed by atoms with Gasteiger partial charge in [-0.3, -0.25) is 9.20 Å². The number of H-pyrrole nitrogens is 1. The summed E-state index contributed by atoms with van der Waals surface area (Å²) in [5, 5.41) is 4.24. The molecular formula is C20H20N4O3. The molecule has 0 bridgehead atoms. The van der Waals surface area contributed by atoms with Gasteiger partial charge >= 0.3 is 0 Å². The van der Waals surface area contributed by atoms with Gasteiger partial charge in [-0.15, -0.1) is 0 Å². The molecule has 27 heavy (non-hydrogen) atoms. The van der Waals surface area contributed by atoms with E-state index in [1.54, 1.807) is 14.2 Å². The van der Waals surface area contributed by atoms with Gasteiger partial charge in [0.25, 0.3) is 5.56 Å². The highest BCUT2D eigenvalue weighted by Gasteiger charge is 2.17. The fourth-order valence-corrected chi connectivity index (χ4v) is 3.11. The Bertz CT molecular complexity index is 1160. The Morgan fingerprint density at radius 1 is 1.19 bits per heavy atom. The minimum Gasteiger partial charge on any atom is -0.497 e. The molecule has 4 rings (SSSR count). The highest BCUT2D eigenvalue weighted by molar-refractivity contribution is 5.86. The van der Waals surface area contributed by atoms with Crippen LogP contribution in [0.15, 0.2) is 53.5 Å². The second-order valence-corrected chi connectivity index (χ2v) is 6.12. The van der Waals surface area contributed by atoms with Gasteiger partial charge in [-0.25, -0.2) is 4.98 Å². The zero-order valence-electron chi connectivity index (χ0n) is 15.2. The Kier molecular flexibility index (Phi) is 4.52. The Morgan fingerprint density at radius 3 is 2.89 bits per heavy atom. The summed E-state index contributed by atoms with van der Waals surface area (Å²) in [6.45, 7) is 1.16. The molecule has 0 unspecified atom stereocenters. The molecular weight excluding hydrogens is 344 g/mol. The van der Waals surface area contributed by atoms with E-state index in [9.17, 15) is 4.79 Å². The minimum absolute atomic E-state index is 0.200. The van der Waals surface area contributed by atoms with Gasteiger partial charge in [0.15, 0.2) is 0 Å². The lowest BCUT2D eigenvalue weighted by molar-refractivity contribution is 0.210. The van der Waals surface area contributed by atoms with Gasteiger partial charge in [-0.05, 0) is 35.7 Å². The number of hydrogen-bond donors (Lipinski definition) is 2. The van der Waals surface area contributed by atoms with E-state index >= 15 is 0 Å². The molecule has 1 aromatic carbocycles. The highest BCUT2D eigenvalue weighted by Crippen LogP contribution is 2.28. The van der Waals surface area contributed by atoms with Crippen molar-refractivity contribution in [1.82, 2.24) is 14.4 Å². The summed E-state index contributed by atoms with van der Waals surface area (Å²) >= 11 is 0. The van der Waals surface area contributed by atoms with Gasteiger partial charge in [0, 0.05) is 25.9 Å². The summed E-state index contributed by atoms with van der Waals surface area (Å²) in [6.07, 6.45) is 1.92. The number of nitrogens with zero attached hydrogens (tertiary/aromatic N) is 2. The van der Waals surface area contributed by atoms with Crippen LogP contribution in [-0.2, 0) is 4.74 Å². The standard InChI is InChI=1S/C20H20N4O3/c1-26-10-8-21-19-18(23-17-5-3-4-9-24(17)19)15-11-13-6-7-14(27-2)12-16(13)22-20(15)25/h3-7,9,11-12,21H,8,10H2,1-2H3,(H,22,25). The summed E-state index contributed by atoms with van der Waals surface area (Å²) in [7, 11) is 3.25. The van der Waals surface area contributed by atoms with E-state index < -0.39 is 0 Å². The molecule has 0 saturated carbocycles. The van der Waals surface area contributed by atoms with Crippen molar-refractivity contribution in [2.75, 3.05) is 32.7 Å². The number of benzene rings is 1. The van der Waals surface area contributed by atoms with Crippen molar-refractivity contribution in [2.45, 2.75) is 0 Å². The van der Waals surface area contributed by atoms with E-state index in [4.69, 9.17) is 9.47 Å². The molecule has 3 heterocycles. The Morgan fingerprint density at radius 2 is 2.07 bits per heavy atom. The normalized spacial score (nSPS) is 11.2. The third kappa shape index (κ3) is 3.13. The van der Waals surface area contributed by atoms with Crippen LogP contribution in [0.2, 0.25) is 0 Å². The van der Waals surface area contributed by atoms with E-state index in [1.165, 1.54) is 0 Å². The SMILES string of the molecule is COCCNc1c(-c2cc3ccc(OC)cc3[nH]c2=O)nc2ccccn12. The third-order valence-corrected chi connectivity index (χ3v) is 4.44. The first-order chi connectivity index (χ1) is 13.2. The molecule has 0 atom stereocenters. The first-order valence-corrected chi connectivity index (χ1v) is 8.62. The second-order valence-electron chi connectivity index (χ2n) is 6.12. The molecule has 0 aliphatic rings. The van der Waals surface area contributed by atoms with Gasteiger partial charge in [0.1, 0.15) is 22.9 Å². The van der Waals surface area contributed by atoms with Crippen molar-refractivity contribution in [1.29, 1.82) is 0 Å². The maximum Gasteiger partial charge on any atom is 0.258 e. The molecule has 7 heteroatoms. The summed E-state index contributed by atoms with van der Waals surface area (Å²) in [5.74, 6) is 1.46. The van der Waals surface area contributed by atoms with E-state index in [2.05, 4.69) is 15.3 Å². The average Bonchev–Trinajstić information content (AvgIpc) is 3.05. The van der Waals surface area contributed by atoms with Crippen molar-refractivity contribution < 1.29 is 9.47 Å². The van der Waals surface area contributed by atoms with Gasteiger partial charge in [0.05, 0.1) is 24.8 Å². The fraction of sp³-hybridized carbons (Fsp3) is 0.200. The van der Waals surface area contributed by atoms with Gasteiger partial charge < -0.3 is 19.8 Å². The number of pyridine rings is 2. The zero-order valence-corrected chi connectivity index (χ0v) is 15.2. The van der Waals surface area contributed by atoms with Crippen molar-refractivity contribution in [3.8, 4) is 17.0 Å². The van der Waals surface area contributed by atoms with Crippen LogP contribution in [0.5, 0.6) is 5.75 Å². The average molecular weight is 364 g/mol. The first kappa shape index (κ1) is 17.1. The van der Waals surface area contributed by atoms with E-state index in [-0.39, 0.29) is 5.56 Å². The summed E-state index contributed by atoms with van der Waals surface area (Å²) in [4.78, 5) is 20.4. The number of anilines is 1. The topological polar surface area (TPSA) is 80.7 Å². The van der Waals surface area contributed by atoms with Crippen molar-refractivity contribution in [3.05, 3.63) is 59.0 Å². The summed E-state index contributed by atoms with van der Waals surface area (Å²) < 4.78 is 12.3. The number of nitrogens with one attached hydrogen (secondary N) is 2. The largest absolute Gasteiger partial charge is 0.497 e. The van der Waals surface area contributed by atoms with Gasteiger partial charge in [0.2, 0.25) is 0 Å². The maximum absolute atomic E-state index is 12.8. The molecule has 4 aromatic rings. The smallest absolute Gasteiger partial charge is 0.258 e. The van der Waals surface area contributed by atoms with Gasteiger partial charge in [-0.1, -0.05) is 6.07 Å². The molecule has 0 spiro atoms. The molecule has 7 nitrogen and oxygen atoms in total. The van der Waals surface area contributed by atoms with Crippen molar-refractivity contribution in [2.24, 2.45) is 0 Å². The Labute approximate surface area is 155 Å². The Hall–Kier alpha value is -3.32. The number of rotatable bonds is 6. The second kappa shape index (κ2) is 7.13. The summed E-state index contributed by atoms with van der Waals surface area (Å²) in [6, 6.07) is 13.2. The number of hydrogen-bond acceptors (Lipinski definition) is 5. The molecule has 0 aliphatic heterocycles. The van der Waals surface area contributed by atoms with Crippen LogP contribution in [0.25, 0.3) is 27.8 Å². The van der Waals surface area contributed by atoms with Gasteiger partial charge in [-0.2, -0.15) is 0 Å². The lowest BCUT2D eigenvalue weighted by Crippen LogP contribution is -2.13. The molecule has 0 saturated heterocycles. The number of fused-ring (bicyclic) bond motifs is 2. The first-order valence-electron chi connectivity index (χ1n) is 8.62. The molecule has 0 aliphatic carbocycles. The molecule has 0 fully saturated rings. The van der Waals surface area contributed by atoms with E-state index in [0.717, 1.165) is 22.4 Å². The number of imidazole rings is 1. The molecule has 0 amide bonds. The molecule has 0 radical (unpaired) electrons. The van der Waals surface area contributed by atoms with Crippen LogP contribution in [0.1, 0.15) is 0 Å². The van der Waals surface area contributed by atoms with Crippen LogP contribution < -0.4 is 15.6 Å². The molecule has 138 valence electrons. The predicted molar refractivity (Wildman–Crippen MR) is 106 cm³/mol. The number of aromatic amines is 1. The number of methoxy groups -OCH3 is 2. The van der Waals surface area contributed by atoms with Crippen LogP contribution in [0, 0.1) is 0 Å².